The fourth-order valence-corrected chi connectivity index (χ4v) is 4.41. The van der Waals surface area contributed by atoms with Crippen molar-refractivity contribution in [2.24, 2.45) is 14.1 Å². The Morgan fingerprint density at radius 3 is 2.24 bits per heavy atom. The molecule has 2 aliphatic heterocycles. The fourth-order valence-electron chi connectivity index (χ4n) is 4.41. The fraction of sp³-hybridized carbons (Fsp3) is 0.536. The van der Waals surface area contributed by atoms with Gasteiger partial charge < -0.3 is 23.4 Å². The summed E-state index contributed by atoms with van der Waals surface area (Å²) >= 11 is 0. The van der Waals surface area contributed by atoms with Gasteiger partial charge in [-0.25, -0.2) is 4.98 Å². The van der Waals surface area contributed by atoms with Gasteiger partial charge in [-0.3, -0.25) is 14.5 Å². The molecule has 10 heteroatoms. The third-order valence-corrected chi connectivity index (χ3v) is 7.07. The van der Waals surface area contributed by atoms with Crippen LogP contribution in [0.5, 0.6) is 0 Å². The largest absolute Gasteiger partial charge is 0.397 e. The molecule has 3 aliphatic rings. The first-order chi connectivity index (χ1) is 17.4. The van der Waals surface area contributed by atoms with Crippen LogP contribution < -0.4 is 9.78 Å². The van der Waals surface area contributed by atoms with Crippen LogP contribution in [-0.4, -0.2) is 84.5 Å². The Hall–Kier alpha value is -3.69. The van der Waals surface area contributed by atoms with E-state index in [9.17, 15) is 0 Å². The van der Waals surface area contributed by atoms with E-state index in [1.54, 1.807) is 15.7 Å². The molecule has 0 amide bonds. The molecule has 0 bridgehead atoms. The van der Waals surface area contributed by atoms with Crippen LogP contribution >= 0.6 is 0 Å². The van der Waals surface area contributed by atoms with Crippen molar-refractivity contribution in [2.45, 2.75) is 59.9 Å². The van der Waals surface area contributed by atoms with Gasteiger partial charge in [0.05, 0.1) is 46.4 Å². The Morgan fingerprint density at radius 2 is 1.79 bits per heavy atom. The highest BCUT2D eigenvalue weighted by Crippen LogP contribution is 2.31. The third-order valence-electron chi connectivity index (χ3n) is 7.07. The van der Waals surface area contributed by atoms with Crippen molar-refractivity contribution in [3.8, 4) is 0 Å². The SMILES string of the molecule is C.CN1C=[N+](C)[C-]2CCCC=C21.C[C-]1[N+](C)=CN(C)C1(C)C.C[n+]1cn2cccc2[n-]1.Cc1ncn(C)n1. The van der Waals surface area contributed by atoms with Crippen molar-refractivity contribution in [1.29, 1.82) is 0 Å². The molecule has 0 saturated carbocycles. The van der Waals surface area contributed by atoms with Crippen molar-refractivity contribution in [3.05, 3.63) is 60.7 Å². The van der Waals surface area contributed by atoms with E-state index in [1.807, 2.05) is 50.1 Å². The molecule has 1 aliphatic carbocycles. The summed E-state index contributed by atoms with van der Waals surface area (Å²) in [6.45, 7) is 8.48. The van der Waals surface area contributed by atoms with Gasteiger partial charge in [-0.05, 0) is 38.9 Å². The number of aryl methyl sites for hydroxylation is 3. The molecular formula is C28H48N10. The number of allylic oxidation sites excluding steroid dienone is 1. The van der Waals surface area contributed by atoms with E-state index in [-0.39, 0.29) is 13.0 Å². The lowest BCUT2D eigenvalue weighted by Crippen LogP contribution is -2.39. The van der Waals surface area contributed by atoms with Crippen LogP contribution in [0.2, 0.25) is 0 Å². The molecule has 38 heavy (non-hydrogen) atoms. The summed E-state index contributed by atoms with van der Waals surface area (Å²) in [6, 6.07) is 6.83. The summed E-state index contributed by atoms with van der Waals surface area (Å²) < 4.78 is 9.83. The number of fused-ring (bicyclic) bond motifs is 2. The number of hydrogen-bond donors (Lipinski definition) is 0. The van der Waals surface area contributed by atoms with Crippen LogP contribution in [-0.2, 0) is 14.1 Å². The van der Waals surface area contributed by atoms with Crippen molar-refractivity contribution >= 4 is 18.3 Å². The normalized spacial score (nSPS) is 17.2. The smallest absolute Gasteiger partial charge is 0.147 e. The Balaban J connectivity index is 0.000000178. The third kappa shape index (κ3) is 7.20. The topological polar surface area (TPSA) is 65.6 Å². The van der Waals surface area contributed by atoms with E-state index >= 15 is 0 Å². The molecule has 0 spiro atoms. The predicted octanol–water partition coefficient (Wildman–Crippen LogP) is 2.62. The Bertz CT molecular complexity index is 1210. The summed E-state index contributed by atoms with van der Waals surface area (Å²) in [6.07, 6.45) is 16.0. The van der Waals surface area contributed by atoms with Crippen molar-refractivity contribution < 1.29 is 13.8 Å². The average molecular weight is 525 g/mol. The first-order valence-electron chi connectivity index (χ1n) is 12.7. The minimum absolute atomic E-state index is 0. The average Bonchev–Trinajstić information content (AvgIpc) is 3.62. The van der Waals surface area contributed by atoms with E-state index in [4.69, 9.17) is 0 Å². The van der Waals surface area contributed by atoms with Crippen LogP contribution in [0.3, 0.4) is 0 Å². The van der Waals surface area contributed by atoms with E-state index in [0.717, 1.165) is 11.5 Å². The van der Waals surface area contributed by atoms with Gasteiger partial charge in [-0.2, -0.15) is 5.10 Å². The minimum Gasteiger partial charge on any atom is -0.397 e. The molecule has 0 atom stereocenters. The minimum atomic E-state index is 0. The van der Waals surface area contributed by atoms with Crippen molar-refractivity contribution in [2.75, 3.05) is 28.2 Å². The molecule has 3 aromatic heterocycles. The summed E-state index contributed by atoms with van der Waals surface area (Å²) in [5.74, 6) is 0.822. The van der Waals surface area contributed by atoms with Crippen molar-refractivity contribution in [3.63, 3.8) is 0 Å². The lowest BCUT2D eigenvalue weighted by Gasteiger charge is -2.32. The predicted molar refractivity (Wildman–Crippen MR) is 153 cm³/mol. The summed E-state index contributed by atoms with van der Waals surface area (Å²) in [5, 5.41) is 8.07. The number of rotatable bonds is 0. The molecule has 210 valence electrons. The van der Waals surface area contributed by atoms with E-state index < -0.39 is 0 Å². The zero-order valence-electron chi connectivity index (χ0n) is 24.2. The lowest BCUT2D eigenvalue weighted by atomic mass is 9.96. The molecule has 10 nitrogen and oxygen atoms in total. The molecule has 0 saturated heterocycles. The Kier molecular flexibility index (Phi) is 10.2. The van der Waals surface area contributed by atoms with Gasteiger partial charge in [0.2, 0.25) is 0 Å². The first kappa shape index (κ1) is 30.5. The molecule has 0 aromatic carbocycles. The highest BCUT2D eigenvalue weighted by Gasteiger charge is 2.33. The zero-order chi connectivity index (χ0) is 27.3. The Labute approximate surface area is 229 Å². The van der Waals surface area contributed by atoms with Crippen LogP contribution in [0.4, 0.5) is 0 Å². The second kappa shape index (κ2) is 12.7. The molecule has 0 unspecified atom stereocenters. The van der Waals surface area contributed by atoms with Gasteiger partial charge in [0.15, 0.2) is 0 Å². The second-order valence-electron chi connectivity index (χ2n) is 10.3. The number of aromatic nitrogens is 6. The first-order valence-corrected chi connectivity index (χ1v) is 12.7. The number of nitrogens with zero attached hydrogens (tertiary/aromatic N) is 10. The number of likely N-dealkylation sites (N-methyl/N-ethyl adjacent to an activating group) is 4. The molecule has 6 rings (SSSR count). The molecular weight excluding hydrogens is 476 g/mol. The van der Waals surface area contributed by atoms with E-state index in [2.05, 4.69) is 102 Å². The van der Waals surface area contributed by atoms with Crippen LogP contribution in [0, 0.1) is 19.0 Å². The number of hydrogen-bond acceptors (Lipinski definition) is 4. The molecule has 3 aromatic rings. The molecule has 0 fully saturated rings. The maximum atomic E-state index is 4.15. The second-order valence-corrected chi connectivity index (χ2v) is 10.3. The van der Waals surface area contributed by atoms with Gasteiger partial charge in [-0.15, -0.1) is 6.08 Å². The van der Waals surface area contributed by atoms with Gasteiger partial charge in [0.1, 0.15) is 18.5 Å². The van der Waals surface area contributed by atoms with Crippen LogP contribution in [0.1, 0.15) is 53.3 Å². The highest BCUT2D eigenvalue weighted by atomic mass is 15.3. The van der Waals surface area contributed by atoms with Gasteiger partial charge in [0, 0.05) is 25.8 Å². The monoisotopic (exact) mass is 524 g/mol. The lowest BCUT2D eigenvalue weighted by molar-refractivity contribution is -0.731. The zero-order valence-corrected chi connectivity index (χ0v) is 24.2. The standard InChI is InChI=1S/C9H14N2.C8H16N2.C6H7N3.C4H7N3.CH4/c1-10-7-11(2)9-6-4-3-5-8(9)10;1-7-8(2,3)10(5)6-9(7)4;1-8-5-9-4-2-3-6(9)7-8;1-4-5-3-7(2)6-4;/h5,7H,3-4,6H2,1-2H3;6H,1-5H3;2-5H,1H3;3H,1-2H3;1H4. The molecule has 5 heterocycles. The van der Waals surface area contributed by atoms with Crippen LogP contribution in [0.25, 0.3) is 5.65 Å². The van der Waals surface area contributed by atoms with Gasteiger partial charge in [-0.1, -0.05) is 45.5 Å². The maximum absolute atomic E-state index is 4.15. The van der Waals surface area contributed by atoms with E-state index in [0.29, 0.717) is 0 Å². The summed E-state index contributed by atoms with van der Waals surface area (Å²) in [4.78, 5) is 8.30. The highest BCUT2D eigenvalue weighted by molar-refractivity contribution is 5.58. The Morgan fingerprint density at radius 1 is 1.08 bits per heavy atom. The van der Waals surface area contributed by atoms with Crippen LogP contribution in [0.15, 0.2) is 42.8 Å². The summed E-state index contributed by atoms with van der Waals surface area (Å²) in [5.41, 5.74) is 2.62. The van der Waals surface area contributed by atoms with E-state index in [1.165, 1.54) is 37.0 Å². The molecule has 0 radical (unpaired) electrons. The van der Waals surface area contributed by atoms with Gasteiger partial charge >= 0.3 is 0 Å². The van der Waals surface area contributed by atoms with Crippen molar-refractivity contribution in [1.82, 2.24) is 34.1 Å². The van der Waals surface area contributed by atoms with Gasteiger partial charge in [0.25, 0.3) is 0 Å². The quantitative estimate of drug-likeness (QED) is 0.334. The summed E-state index contributed by atoms with van der Waals surface area (Å²) in [7, 11) is 12.2. The maximum Gasteiger partial charge on any atom is 0.147 e. The molecule has 0 N–H and O–H groups in total.